The number of imidazole rings is 1. The Kier molecular flexibility index (Phi) is 2.64. The molecule has 1 aromatic rings. The van der Waals surface area contributed by atoms with Gasteiger partial charge in [-0.15, -0.1) is 0 Å². The van der Waals surface area contributed by atoms with Crippen LogP contribution < -0.4 is 5.73 Å². The van der Waals surface area contributed by atoms with Crippen LogP contribution in [0.3, 0.4) is 0 Å². The standard InChI is InChI=1S/C10H19N3/c1-6(2)9-10(11)13(7(3)4)8(5)12-9/h6-7H,11H2,1-5H3. The quantitative estimate of drug-likeness (QED) is 0.761. The smallest absolute Gasteiger partial charge is 0.127 e. The fourth-order valence-corrected chi connectivity index (χ4v) is 1.66. The summed E-state index contributed by atoms with van der Waals surface area (Å²) in [5, 5.41) is 0. The SMILES string of the molecule is Cc1nc(C(C)C)c(N)n1C(C)C. The van der Waals surface area contributed by atoms with Gasteiger partial charge in [0, 0.05) is 6.04 Å². The Morgan fingerprint density at radius 2 is 1.77 bits per heavy atom. The van der Waals surface area contributed by atoms with Gasteiger partial charge in [0.2, 0.25) is 0 Å². The second-order valence-corrected chi connectivity index (χ2v) is 4.05. The van der Waals surface area contributed by atoms with Gasteiger partial charge in [-0.05, 0) is 26.7 Å². The number of anilines is 1. The summed E-state index contributed by atoms with van der Waals surface area (Å²) < 4.78 is 2.08. The fraction of sp³-hybridized carbons (Fsp3) is 0.700. The van der Waals surface area contributed by atoms with Gasteiger partial charge in [0.15, 0.2) is 0 Å². The van der Waals surface area contributed by atoms with Crippen molar-refractivity contribution in [3.63, 3.8) is 0 Å². The Bertz CT molecular complexity index is 297. The van der Waals surface area contributed by atoms with E-state index in [9.17, 15) is 0 Å². The van der Waals surface area contributed by atoms with Crippen molar-refractivity contribution in [2.75, 3.05) is 5.73 Å². The molecule has 3 nitrogen and oxygen atoms in total. The maximum absolute atomic E-state index is 6.01. The van der Waals surface area contributed by atoms with Crippen LogP contribution in [-0.2, 0) is 0 Å². The van der Waals surface area contributed by atoms with E-state index in [-0.39, 0.29) is 0 Å². The summed E-state index contributed by atoms with van der Waals surface area (Å²) in [4.78, 5) is 4.47. The van der Waals surface area contributed by atoms with Crippen LogP contribution in [-0.4, -0.2) is 9.55 Å². The Balaban J connectivity index is 3.22. The van der Waals surface area contributed by atoms with Crippen molar-refractivity contribution >= 4 is 5.82 Å². The topological polar surface area (TPSA) is 43.8 Å². The van der Waals surface area contributed by atoms with Crippen molar-refractivity contribution in [2.24, 2.45) is 0 Å². The minimum Gasteiger partial charge on any atom is -0.384 e. The minimum atomic E-state index is 0.389. The summed E-state index contributed by atoms with van der Waals surface area (Å²) in [5.41, 5.74) is 7.03. The van der Waals surface area contributed by atoms with Crippen LogP contribution in [0.2, 0.25) is 0 Å². The van der Waals surface area contributed by atoms with Crippen LogP contribution in [0, 0.1) is 6.92 Å². The average molecular weight is 181 g/mol. The van der Waals surface area contributed by atoms with E-state index in [2.05, 4.69) is 37.2 Å². The van der Waals surface area contributed by atoms with Crippen LogP contribution >= 0.6 is 0 Å². The summed E-state index contributed by atoms with van der Waals surface area (Å²) in [6.45, 7) is 10.5. The highest BCUT2D eigenvalue weighted by Crippen LogP contribution is 2.25. The van der Waals surface area contributed by atoms with E-state index in [0.29, 0.717) is 12.0 Å². The van der Waals surface area contributed by atoms with Crippen molar-refractivity contribution in [3.8, 4) is 0 Å². The summed E-state index contributed by atoms with van der Waals surface area (Å²) in [6, 6.07) is 0.389. The van der Waals surface area contributed by atoms with Crippen molar-refractivity contribution in [1.82, 2.24) is 9.55 Å². The molecule has 0 saturated carbocycles. The molecule has 0 atom stereocenters. The first-order valence-corrected chi connectivity index (χ1v) is 4.79. The molecule has 0 unspecified atom stereocenters. The van der Waals surface area contributed by atoms with Gasteiger partial charge in [0.25, 0.3) is 0 Å². The van der Waals surface area contributed by atoms with Crippen LogP contribution in [0.4, 0.5) is 5.82 Å². The van der Waals surface area contributed by atoms with E-state index < -0.39 is 0 Å². The highest BCUT2D eigenvalue weighted by Gasteiger charge is 2.15. The van der Waals surface area contributed by atoms with Crippen LogP contribution in [0.15, 0.2) is 0 Å². The van der Waals surface area contributed by atoms with Gasteiger partial charge >= 0.3 is 0 Å². The lowest BCUT2D eigenvalue weighted by Crippen LogP contribution is -2.07. The van der Waals surface area contributed by atoms with Gasteiger partial charge < -0.3 is 10.3 Å². The normalized spacial score (nSPS) is 11.6. The van der Waals surface area contributed by atoms with Crippen LogP contribution in [0.25, 0.3) is 0 Å². The Labute approximate surface area is 80.0 Å². The minimum absolute atomic E-state index is 0.389. The Morgan fingerprint density at radius 1 is 1.23 bits per heavy atom. The zero-order valence-corrected chi connectivity index (χ0v) is 9.13. The molecule has 0 spiro atoms. The van der Waals surface area contributed by atoms with Gasteiger partial charge in [0.1, 0.15) is 11.6 Å². The van der Waals surface area contributed by atoms with Crippen molar-refractivity contribution < 1.29 is 0 Å². The molecule has 0 fully saturated rings. The molecular formula is C10H19N3. The lowest BCUT2D eigenvalue weighted by molar-refractivity contribution is 0.590. The van der Waals surface area contributed by atoms with Crippen molar-refractivity contribution in [3.05, 3.63) is 11.5 Å². The second kappa shape index (κ2) is 3.40. The molecule has 1 heterocycles. The first-order chi connectivity index (χ1) is 5.95. The molecule has 0 aliphatic carbocycles. The molecule has 0 aliphatic heterocycles. The molecule has 0 bridgehead atoms. The van der Waals surface area contributed by atoms with Gasteiger partial charge in [-0.3, -0.25) is 0 Å². The number of nitrogens with zero attached hydrogens (tertiary/aromatic N) is 2. The second-order valence-electron chi connectivity index (χ2n) is 4.05. The third-order valence-electron chi connectivity index (χ3n) is 2.22. The third-order valence-corrected chi connectivity index (χ3v) is 2.22. The maximum atomic E-state index is 6.01. The van der Waals surface area contributed by atoms with E-state index in [1.54, 1.807) is 0 Å². The number of aromatic nitrogens is 2. The van der Waals surface area contributed by atoms with Crippen molar-refractivity contribution in [1.29, 1.82) is 0 Å². The molecule has 0 radical (unpaired) electrons. The van der Waals surface area contributed by atoms with Gasteiger partial charge in [-0.1, -0.05) is 13.8 Å². The summed E-state index contributed by atoms with van der Waals surface area (Å²) in [6.07, 6.45) is 0. The lowest BCUT2D eigenvalue weighted by Gasteiger charge is -2.11. The average Bonchev–Trinajstić information content (AvgIpc) is 2.26. The largest absolute Gasteiger partial charge is 0.384 e. The van der Waals surface area contributed by atoms with E-state index in [1.807, 2.05) is 6.92 Å². The van der Waals surface area contributed by atoms with Gasteiger partial charge in [0.05, 0.1) is 5.69 Å². The van der Waals surface area contributed by atoms with Crippen molar-refractivity contribution in [2.45, 2.75) is 46.6 Å². The fourth-order valence-electron chi connectivity index (χ4n) is 1.66. The summed E-state index contributed by atoms with van der Waals surface area (Å²) in [5.74, 6) is 2.23. The molecule has 2 N–H and O–H groups in total. The zero-order chi connectivity index (χ0) is 10.2. The predicted molar refractivity (Wildman–Crippen MR) is 55.9 cm³/mol. The lowest BCUT2D eigenvalue weighted by atomic mass is 10.1. The number of hydrogen-bond acceptors (Lipinski definition) is 2. The van der Waals surface area contributed by atoms with E-state index >= 15 is 0 Å². The predicted octanol–water partition coefficient (Wildman–Crippen LogP) is 2.48. The van der Waals surface area contributed by atoms with Gasteiger partial charge in [-0.25, -0.2) is 4.98 Å². The molecular weight excluding hydrogens is 162 g/mol. The maximum Gasteiger partial charge on any atom is 0.127 e. The molecule has 1 rings (SSSR count). The molecule has 0 aromatic carbocycles. The first-order valence-electron chi connectivity index (χ1n) is 4.79. The molecule has 0 amide bonds. The molecule has 1 aromatic heterocycles. The summed E-state index contributed by atoms with van der Waals surface area (Å²) in [7, 11) is 0. The van der Waals surface area contributed by atoms with Crippen LogP contribution in [0.5, 0.6) is 0 Å². The molecule has 0 saturated heterocycles. The highest BCUT2D eigenvalue weighted by atomic mass is 15.2. The number of nitrogen functional groups attached to an aromatic ring is 1. The molecule has 74 valence electrons. The number of rotatable bonds is 2. The Morgan fingerprint density at radius 3 is 2.00 bits per heavy atom. The molecule has 13 heavy (non-hydrogen) atoms. The van der Waals surface area contributed by atoms with Gasteiger partial charge in [-0.2, -0.15) is 0 Å². The van der Waals surface area contributed by atoms with Crippen LogP contribution in [0.1, 0.15) is 51.2 Å². The first kappa shape index (κ1) is 10.1. The number of aryl methyl sites for hydroxylation is 1. The Hall–Kier alpha value is -0.990. The number of hydrogen-bond donors (Lipinski definition) is 1. The van der Waals surface area contributed by atoms with E-state index in [4.69, 9.17) is 5.73 Å². The third kappa shape index (κ3) is 1.69. The zero-order valence-electron chi connectivity index (χ0n) is 9.13. The molecule has 3 heteroatoms. The van der Waals surface area contributed by atoms with E-state index in [1.165, 1.54) is 0 Å². The molecule has 0 aliphatic rings. The highest BCUT2D eigenvalue weighted by molar-refractivity contribution is 5.40. The summed E-state index contributed by atoms with van der Waals surface area (Å²) >= 11 is 0. The monoisotopic (exact) mass is 181 g/mol. The number of nitrogens with two attached hydrogens (primary N) is 1. The van der Waals surface area contributed by atoms with E-state index in [0.717, 1.165) is 17.3 Å².